The molecule has 0 heterocycles. The maximum absolute atomic E-state index is 13.8. The summed E-state index contributed by atoms with van der Waals surface area (Å²) in [6.07, 6.45) is 0. The number of para-hydroxylation sites is 1. The Labute approximate surface area is 231 Å². The summed E-state index contributed by atoms with van der Waals surface area (Å²) in [5, 5.41) is 2.92. The minimum absolute atomic E-state index is 0.0297. The predicted molar refractivity (Wildman–Crippen MR) is 150 cm³/mol. The number of hydrogen-bond donors (Lipinski definition) is 1. The number of aryl methyl sites for hydroxylation is 1. The molecule has 0 aliphatic carbocycles. The lowest BCUT2D eigenvalue weighted by Gasteiger charge is -2.32. The molecule has 3 aromatic carbocycles. The van der Waals surface area contributed by atoms with Crippen molar-refractivity contribution < 1.29 is 18.0 Å². The van der Waals surface area contributed by atoms with Crippen LogP contribution in [0.1, 0.15) is 25.0 Å². The molecule has 10 heteroatoms. The van der Waals surface area contributed by atoms with Crippen molar-refractivity contribution in [2.75, 3.05) is 17.4 Å². The van der Waals surface area contributed by atoms with Crippen molar-refractivity contribution in [3.63, 3.8) is 0 Å². The summed E-state index contributed by atoms with van der Waals surface area (Å²) in [5.74, 6) is -0.879. The van der Waals surface area contributed by atoms with E-state index in [0.717, 1.165) is 19.9 Å². The van der Waals surface area contributed by atoms with E-state index in [1.807, 2.05) is 31.2 Å². The van der Waals surface area contributed by atoms with Crippen LogP contribution in [0, 0.1) is 6.92 Å². The molecule has 1 N–H and O–H groups in total. The van der Waals surface area contributed by atoms with Crippen LogP contribution in [0.4, 0.5) is 5.69 Å². The second-order valence-electron chi connectivity index (χ2n) is 8.49. The lowest BCUT2D eigenvalue weighted by atomic mass is 10.1. The van der Waals surface area contributed by atoms with Crippen LogP contribution in [0.25, 0.3) is 0 Å². The van der Waals surface area contributed by atoms with Gasteiger partial charge in [0, 0.05) is 17.6 Å². The van der Waals surface area contributed by atoms with Gasteiger partial charge in [-0.25, -0.2) is 8.42 Å². The average Bonchev–Trinajstić information content (AvgIpc) is 2.87. The first-order valence-electron chi connectivity index (χ1n) is 11.7. The van der Waals surface area contributed by atoms with Crippen LogP contribution in [-0.2, 0) is 26.2 Å². The number of amides is 2. The minimum Gasteiger partial charge on any atom is -0.355 e. The molecule has 37 heavy (non-hydrogen) atoms. The molecule has 0 fully saturated rings. The minimum atomic E-state index is -4.16. The van der Waals surface area contributed by atoms with E-state index >= 15 is 0 Å². The normalized spacial score (nSPS) is 12.0. The van der Waals surface area contributed by atoms with Gasteiger partial charge in [0.05, 0.1) is 15.6 Å². The van der Waals surface area contributed by atoms with Crippen LogP contribution in [0.2, 0.25) is 5.02 Å². The van der Waals surface area contributed by atoms with Crippen molar-refractivity contribution in [2.24, 2.45) is 0 Å². The number of nitrogens with zero attached hydrogens (tertiary/aromatic N) is 2. The maximum atomic E-state index is 13.8. The highest BCUT2D eigenvalue weighted by molar-refractivity contribution is 9.10. The first-order valence-corrected chi connectivity index (χ1v) is 14.3. The van der Waals surface area contributed by atoms with Crippen LogP contribution in [0.3, 0.4) is 0 Å². The van der Waals surface area contributed by atoms with Gasteiger partial charge in [-0.05, 0) is 62.7 Å². The van der Waals surface area contributed by atoms with Crippen LogP contribution in [-0.4, -0.2) is 44.3 Å². The summed E-state index contributed by atoms with van der Waals surface area (Å²) in [7, 11) is -4.16. The molecule has 0 spiro atoms. The topological polar surface area (TPSA) is 86.8 Å². The van der Waals surface area contributed by atoms with Gasteiger partial charge in [-0.3, -0.25) is 13.9 Å². The van der Waals surface area contributed by atoms with Gasteiger partial charge in [-0.2, -0.15) is 0 Å². The molecule has 0 saturated heterocycles. The number of hydrogen-bond acceptors (Lipinski definition) is 4. The summed E-state index contributed by atoms with van der Waals surface area (Å²) in [6, 6.07) is 19.3. The van der Waals surface area contributed by atoms with Crippen molar-refractivity contribution in [3.05, 3.63) is 93.4 Å². The number of nitrogens with one attached hydrogen (secondary N) is 1. The van der Waals surface area contributed by atoms with Gasteiger partial charge in [0.15, 0.2) is 0 Å². The van der Waals surface area contributed by atoms with Crippen molar-refractivity contribution in [2.45, 2.75) is 38.3 Å². The maximum Gasteiger partial charge on any atom is 0.264 e. The zero-order valence-electron chi connectivity index (χ0n) is 20.8. The molecular formula is C27H29BrClN3O4S. The van der Waals surface area contributed by atoms with E-state index in [1.54, 1.807) is 50.2 Å². The third-order valence-corrected chi connectivity index (χ3v) is 8.42. The van der Waals surface area contributed by atoms with E-state index < -0.39 is 28.5 Å². The van der Waals surface area contributed by atoms with Gasteiger partial charge in [0.2, 0.25) is 11.8 Å². The highest BCUT2D eigenvalue weighted by Crippen LogP contribution is 2.31. The fourth-order valence-corrected chi connectivity index (χ4v) is 5.68. The molecule has 0 aliphatic rings. The number of benzene rings is 3. The Hall–Kier alpha value is -2.88. The largest absolute Gasteiger partial charge is 0.355 e. The number of rotatable bonds is 10. The second kappa shape index (κ2) is 12.6. The van der Waals surface area contributed by atoms with Crippen LogP contribution >= 0.6 is 27.5 Å². The van der Waals surface area contributed by atoms with Gasteiger partial charge in [-0.15, -0.1) is 0 Å². The molecule has 0 saturated carbocycles. The number of carbonyl (C=O) groups is 2. The highest BCUT2D eigenvalue weighted by Gasteiger charge is 2.33. The van der Waals surface area contributed by atoms with E-state index in [1.165, 1.54) is 17.0 Å². The summed E-state index contributed by atoms with van der Waals surface area (Å²) < 4.78 is 29.4. The van der Waals surface area contributed by atoms with E-state index in [-0.39, 0.29) is 28.1 Å². The zero-order valence-corrected chi connectivity index (χ0v) is 24.0. The molecule has 3 rings (SSSR count). The number of likely N-dealkylation sites (N-methyl/N-ethyl adjacent to an activating group) is 1. The van der Waals surface area contributed by atoms with Crippen LogP contribution in [0.5, 0.6) is 0 Å². The van der Waals surface area contributed by atoms with E-state index in [0.29, 0.717) is 6.54 Å². The van der Waals surface area contributed by atoms with Gasteiger partial charge in [0.1, 0.15) is 12.6 Å². The fraction of sp³-hybridized carbons (Fsp3) is 0.259. The van der Waals surface area contributed by atoms with Crippen LogP contribution < -0.4 is 9.62 Å². The average molecular weight is 607 g/mol. The molecule has 0 aliphatic heterocycles. The number of sulfonamides is 1. The second-order valence-corrected chi connectivity index (χ2v) is 11.7. The number of carbonyl (C=O) groups excluding carboxylic acids is 2. The molecule has 0 bridgehead atoms. The van der Waals surface area contributed by atoms with Gasteiger partial charge >= 0.3 is 0 Å². The fourth-order valence-electron chi connectivity index (χ4n) is 3.70. The standard InChI is InChI=1S/C27H29BrClN3O4S/c1-4-30-27(34)20(3)31(17-21-11-13-22(28)14-12-21)26(33)18-32(25-8-6-5-7-24(25)29)37(35,36)23-15-9-19(2)10-16-23/h5-16,20H,4,17-18H2,1-3H3,(H,30,34)/t20-/m0/s1. The Bertz CT molecular complexity index is 1350. The smallest absolute Gasteiger partial charge is 0.264 e. The van der Waals surface area contributed by atoms with Crippen molar-refractivity contribution >= 4 is 55.1 Å². The Morgan fingerprint density at radius 2 is 1.62 bits per heavy atom. The first kappa shape index (κ1) is 28.7. The number of halogens is 2. The molecule has 3 aromatic rings. The molecule has 1 atom stereocenters. The van der Waals surface area contributed by atoms with Crippen LogP contribution in [0.15, 0.2) is 82.2 Å². The van der Waals surface area contributed by atoms with E-state index in [9.17, 15) is 18.0 Å². The Balaban J connectivity index is 2.03. The lowest BCUT2D eigenvalue weighted by molar-refractivity contribution is -0.139. The summed E-state index contributed by atoms with van der Waals surface area (Å²) >= 11 is 9.80. The van der Waals surface area contributed by atoms with E-state index in [2.05, 4.69) is 21.2 Å². The Morgan fingerprint density at radius 1 is 1.00 bits per heavy atom. The molecule has 2 amide bonds. The number of anilines is 1. The molecule has 0 unspecified atom stereocenters. The lowest BCUT2D eigenvalue weighted by Crippen LogP contribution is -2.51. The summed E-state index contributed by atoms with van der Waals surface area (Å²) in [4.78, 5) is 27.9. The zero-order chi connectivity index (χ0) is 27.2. The van der Waals surface area contributed by atoms with Crippen molar-refractivity contribution in [1.82, 2.24) is 10.2 Å². The van der Waals surface area contributed by atoms with Crippen molar-refractivity contribution in [1.29, 1.82) is 0 Å². The molecule has 196 valence electrons. The monoisotopic (exact) mass is 605 g/mol. The predicted octanol–water partition coefficient (Wildman–Crippen LogP) is 5.16. The third kappa shape index (κ3) is 7.12. The molecule has 0 radical (unpaired) electrons. The molecule has 0 aromatic heterocycles. The summed E-state index contributed by atoms with van der Waals surface area (Å²) in [6.45, 7) is 5.24. The Morgan fingerprint density at radius 3 is 2.22 bits per heavy atom. The van der Waals surface area contributed by atoms with Gasteiger partial charge in [0.25, 0.3) is 10.0 Å². The van der Waals surface area contributed by atoms with Gasteiger partial charge < -0.3 is 10.2 Å². The first-order chi connectivity index (χ1) is 17.5. The summed E-state index contributed by atoms with van der Waals surface area (Å²) in [5.41, 5.74) is 1.86. The Kier molecular flexibility index (Phi) is 9.75. The molecule has 7 nitrogen and oxygen atoms in total. The highest BCUT2D eigenvalue weighted by atomic mass is 79.9. The van der Waals surface area contributed by atoms with E-state index in [4.69, 9.17) is 11.6 Å². The van der Waals surface area contributed by atoms with Gasteiger partial charge in [-0.1, -0.05) is 69.5 Å². The third-order valence-electron chi connectivity index (χ3n) is 5.79. The SMILES string of the molecule is CCNC(=O)[C@H](C)N(Cc1ccc(Br)cc1)C(=O)CN(c1ccccc1Cl)S(=O)(=O)c1ccc(C)cc1. The van der Waals surface area contributed by atoms with Crippen molar-refractivity contribution in [3.8, 4) is 0 Å². The quantitative estimate of drug-likeness (QED) is 0.346. The molecular weight excluding hydrogens is 578 g/mol.